The molecule has 0 unspecified atom stereocenters. The SMILES string of the molecule is CCN(c1nc(C)c(CO)s1)c1ccccc1C. The third-order valence-electron chi connectivity index (χ3n) is 2.98. The lowest BCUT2D eigenvalue weighted by Gasteiger charge is -2.21. The predicted molar refractivity (Wildman–Crippen MR) is 76.6 cm³/mol. The lowest BCUT2D eigenvalue weighted by molar-refractivity contribution is 0.284. The number of benzene rings is 1. The number of aromatic nitrogens is 1. The maximum absolute atomic E-state index is 9.26. The van der Waals surface area contributed by atoms with Crippen LogP contribution in [0.4, 0.5) is 10.8 Å². The Morgan fingerprint density at radius 3 is 2.56 bits per heavy atom. The van der Waals surface area contributed by atoms with Crippen molar-refractivity contribution in [3.63, 3.8) is 0 Å². The van der Waals surface area contributed by atoms with Crippen molar-refractivity contribution in [2.45, 2.75) is 27.4 Å². The third kappa shape index (κ3) is 2.40. The summed E-state index contributed by atoms with van der Waals surface area (Å²) in [5.74, 6) is 0. The molecule has 0 saturated carbocycles. The van der Waals surface area contributed by atoms with E-state index >= 15 is 0 Å². The quantitative estimate of drug-likeness (QED) is 0.917. The average Bonchev–Trinajstić information content (AvgIpc) is 2.74. The smallest absolute Gasteiger partial charge is 0.190 e. The van der Waals surface area contributed by atoms with Crippen LogP contribution in [0.2, 0.25) is 0 Å². The van der Waals surface area contributed by atoms with Gasteiger partial charge in [-0.25, -0.2) is 4.98 Å². The van der Waals surface area contributed by atoms with Gasteiger partial charge in [0.2, 0.25) is 0 Å². The number of nitrogens with zero attached hydrogens (tertiary/aromatic N) is 2. The number of aliphatic hydroxyl groups is 1. The fourth-order valence-electron chi connectivity index (χ4n) is 1.95. The van der Waals surface area contributed by atoms with E-state index in [2.05, 4.69) is 35.9 Å². The Bertz CT molecular complexity index is 536. The molecule has 2 aromatic rings. The third-order valence-corrected chi connectivity index (χ3v) is 4.14. The highest BCUT2D eigenvalue weighted by atomic mass is 32.1. The molecular formula is C14H18N2OS. The molecule has 18 heavy (non-hydrogen) atoms. The Labute approximate surface area is 112 Å². The van der Waals surface area contributed by atoms with Gasteiger partial charge in [0.15, 0.2) is 5.13 Å². The van der Waals surface area contributed by atoms with Crippen molar-refractivity contribution >= 4 is 22.2 Å². The summed E-state index contributed by atoms with van der Waals surface area (Å²) in [7, 11) is 0. The van der Waals surface area contributed by atoms with E-state index in [9.17, 15) is 5.11 Å². The second-order valence-corrected chi connectivity index (χ2v) is 5.26. The van der Waals surface area contributed by atoms with E-state index in [4.69, 9.17) is 0 Å². The lowest BCUT2D eigenvalue weighted by Crippen LogP contribution is -2.16. The van der Waals surface area contributed by atoms with Gasteiger partial charge in [0.1, 0.15) is 0 Å². The number of hydrogen-bond acceptors (Lipinski definition) is 4. The van der Waals surface area contributed by atoms with Crippen molar-refractivity contribution in [2.75, 3.05) is 11.4 Å². The van der Waals surface area contributed by atoms with E-state index in [1.807, 2.05) is 19.1 Å². The van der Waals surface area contributed by atoms with E-state index in [1.165, 1.54) is 11.3 Å². The van der Waals surface area contributed by atoms with Crippen molar-refractivity contribution in [3.05, 3.63) is 40.4 Å². The van der Waals surface area contributed by atoms with Gasteiger partial charge < -0.3 is 10.0 Å². The van der Waals surface area contributed by atoms with E-state index in [-0.39, 0.29) is 6.61 Å². The molecule has 0 aliphatic carbocycles. The lowest BCUT2D eigenvalue weighted by atomic mass is 10.2. The van der Waals surface area contributed by atoms with Gasteiger partial charge in [-0.2, -0.15) is 0 Å². The van der Waals surface area contributed by atoms with Gasteiger partial charge in [0, 0.05) is 12.2 Å². The molecule has 0 aliphatic heterocycles. The Hall–Kier alpha value is -1.39. The fourth-order valence-corrected chi connectivity index (χ4v) is 2.95. The Kier molecular flexibility index (Phi) is 3.99. The highest BCUT2D eigenvalue weighted by molar-refractivity contribution is 7.15. The molecular weight excluding hydrogens is 244 g/mol. The Morgan fingerprint density at radius 2 is 2.00 bits per heavy atom. The van der Waals surface area contributed by atoms with Gasteiger partial charge in [-0.05, 0) is 32.4 Å². The van der Waals surface area contributed by atoms with Gasteiger partial charge >= 0.3 is 0 Å². The van der Waals surface area contributed by atoms with Crippen molar-refractivity contribution in [3.8, 4) is 0 Å². The summed E-state index contributed by atoms with van der Waals surface area (Å²) < 4.78 is 0. The maximum atomic E-state index is 9.26. The first-order chi connectivity index (χ1) is 8.67. The Morgan fingerprint density at radius 1 is 1.28 bits per heavy atom. The van der Waals surface area contributed by atoms with Crippen LogP contribution in [-0.4, -0.2) is 16.6 Å². The molecule has 1 N–H and O–H groups in total. The number of anilines is 2. The second-order valence-electron chi connectivity index (χ2n) is 4.19. The minimum absolute atomic E-state index is 0.0643. The minimum Gasteiger partial charge on any atom is -0.391 e. The zero-order chi connectivity index (χ0) is 13.1. The molecule has 0 bridgehead atoms. The first-order valence-electron chi connectivity index (χ1n) is 6.07. The molecule has 1 aromatic heterocycles. The summed E-state index contributed by atoms with van der Waals surface area (Å²) >= 11 is 1.56. The zero-order valence-electron chi connectivity index (χ0n) is 11.0. The summed E-state index contributed by atoms with van der Waals surface area (Å²) in [5, 5.41) is 10.2. The van der Waals surface area contributed by atoms with Gasteiger partial charge in [-0.3, -0.25) is 0 Å². The highest BCUT2D eigenvalue weighted by Crippen LogP contribution is 2.32. The standard InChI is InChI=1S/C14H18N2OS/c1-4-16(12-8-6-5-7-10(12)2)14-15-11(3)13(9-17)18-14/h5-8,17H,4,9H2,1-3H3. The molecule has 2 rings (SSSR count). The zero-order valence-corrected chi connectivity index (χ0v) is 11.8. The summed E-state index contributed by atoms with van der Waals surface area (Å²) in [6, 6.07) is 8.29. The van der Waals surface area contributed by atoms with E-state index < -0.39 is 0 Å². The molecule has 0 aliphatic rings. The van der Waals surface area contributed by atoms with Crippen LogP contribution in [0, 0.1) is 13.8 Å². The normalized spacial score (nSPS) is 10.7. The first kappa shape index (κ1) is 13.1. The molecule has 0 atom stereocenters. The van der Waals surface area contributed by atoms with Crippen LogP contribution < -0.4 is 4.90 Å². The van der Waals surface area contributed by atoms with Crippen LogP contribution in [0.25, 0.3) is 0 Å². The van der Waals surface area contributed by atoms with Gasteiger partial charge in [0.05, 0.1) is 17.2 Å². The van der Waals surface area contributed by atoms with Gasteiger partial charge in [0.25, 0.3) is 0 Å². The number of para-hydroxylation sites is 1. The van der Waals surface area contributed by atoms with Crippen molar-refractivity contribution in [1.29, 1.82) is 0 Å². The molecule has 0 saturated heterocycles. The largest absolute Gasteiger partial charge is 0.391 e. The van der Waals surface area contributed by atoms with Crippen LogP contribution >= 0.6 is 11.3 Å². The van der Waals surface area contributed by atoms with E-state index in [0.717, 1.165) is 22.2 Å². The number of hydrogen-bond donors (Lipinski definition) is 1. The number of aliphatic hydroxyl groups excluding tert-OH is 1. The number of rotatable bonds is 4. The topological polar surface area (TPSA) is 36.4 Å². The number of aryl methyl sites for hydroxylation is 2. The monoisotopic (exact) mass is 262 g/mol. The molecule has 0 spiro atoms. The summed E-state index contributed by atoms with van der Waals surface area (Å²) in [5.41, 5.74) is 3.33. The molecule has 0 amide bonds. The fraction of sp³-hybridized carbons (Fsp3) is 0.357. The maximum Gasteiger partial charge on any atom is 0.190 e. The van der Waals surface area contributed by atoms with Crippen LogP contribution in [0.5, 0.6) is 0 Å². The minimum atomic E-state index is 0.0643. The molecule has 0 fully saturated rings. The highest BCUT2D eigenvalue weighted by Gasteiger charge is 2.15. The molecule has 1 aromatic carbocycles. The molecule has 96 valence electrons. The number of thiazole rings is 1. The summed E-state index contributed by atoms with van der Waals surface area (Å²) in [6.07, 6.45) is 0. The molecule has 4 heteroatoms. The predicted octanol–water partition coefficient (Wildman–Crippen LogP) is 3.41. The van der Waals surface area contributed by atoms with Gasteiger partial charge in [-0.1, -0.05) is 29.5 Å². The molecule has 3 nitrogen and oxygen atoms in total. The molecule has 0 radical (unpaired) electrons. The second kappa shape index (κ2) is 5.50. The van der Waals surface area contributed by atoms with Crippen LogP contribution in [0.1, 0.15) is 23.1 Å². The van der Waals surface area contributed by atoms with Gasteiger partial charge in [-0.15, -0.1) is 0 Å². The summed E-state index contributed by atoms with van der Waals surface area (Å²) in [6.45, 7) is 7.09. The average molecular weight is 262 g/mol. The van der Waals surface area contributed by atoms with E-state index in [1.54, 1.807) is 11.3 Å². The first-order valence-corrected chi connectivity index (χ1v) is 6.89. The van der Waals surface area contributed by atoms with Crippen LogP contribution in [0.3, 0.4) is 0 Å². The van der Waals surface area contributed by atoms with E-state index in [0.29, 0.717) is 0 Å². The van der Waals surface area contributed by atoms with Crippen molar-refractivity contribution in [1.82, 2.24) is 4.98 Å². The van der Waals surface area contributed by atoms with Crippen molar-refractivity contribution < 1.29 is 5.11 Å². The molecule has 1 heterocycles. The van der Waals surface area contributed by atoms with Crippen LogP contribution in [0.15, 0.2) is 24.3 Å². The van der Waals surface area contributed by atoms with Crippen LogP contribution in [-0.2, 0) is 6.61 Å². The van der Waals surface area contributed by atoms with Crippen molar-refractivity contribution in [2.24, 2.45) is 0 Å². The Balaban J connectivity index is 2.42. The summed E-state index contributed by atoms with van der Waals surface area (Å²) in [4.78, 5) is 7.68.